The van der Waals surface area contributed by atoms with E-state index in [1.807, 2.05) is 6.92 Å². The molecule has 0 aliphatic rings. The van der Waals surface area contributed by atoms with Gasteiger partial charge in [0, 0.05) is 17.2 Å². The van der Waals surface area contributed by atoms with Gasteiger partial charge in [-0.2, -0.15) is 8.78 Å². The Bertz CT molecular complexity index is 1730. The zero-order chi connectivity index (χ0) is 32.9. The van der Waals surface area contributed by atoms with Crippen LogP contribution in [0.2, 0.25) is 0 Å². The van der Waals surface area contributed by atoms with Gasteiger partial charge in [0.05, 0.1) is 11.1 Å². The van der Waals surface area contributed by atoms with Crippen molar-refractivity contribution in [3.8, 4) is 34.5 Å². The van der Waals surface area contributed by atoms with Gasteiger partial charge < -0.3 is 9.47 Å². The zero-order valence-electron chi connectivity index (χ0n) is 23.3. The quantitative estimate of drug-likeness (QED) is 0.103. The van der Waals surface area contributed by atoms with Gasteiger partial charge in [-0.1, -0.05) is 43.7 Å². The van der Waals surface area contributed by atoms with E-state index in [1.165, 1.54) is 12.1 Å². The predicted molar refractivity (Wildman–Crippen MR) is 145 cm³/mol. The number of halogens is 10. The summed E-state index contributed by atoms with van der Waals surface area (Å²) >= 11 is 0. The van der Waals surface area contributed by atoms with Crippen LogP contribution in [0.15, 0.2) is 66.7 Å². The first kappa shape index (κ1) is 33.2. The number of hydrogen-bond acceptors (Lipinski definition) is 2. The monoisotopic (exact) mass is 640 g/mol. The Morgan fingerprint density at radius 1 is 0.644 bits per heavy atom. The summed E-state index contributed by atoms with van der Waals surface area (Å²) in [5, 5.41) is 0. The average molecular weight is 641 g/mol. The molecule has 45 heavy (non-hydrogen) atoms. The van der Waals surface area contributed by atoms with Gasteiger partial charge >= 0.3 is 12.5 Å². The maximum Gasteiger partial charge on any atom is 0.573 e. The highest BCUT2D eigenvalue weighted by Crippen LogP contribution is 2.35. The molecule has 0 aliphatic carbocycles. The molecule has 4 aromatic rings. The third-order valence-corrected chi connectivity index (χ3v) is 6.44. The van der Waals surface area contributed by atoms with E-state index in [9.17, 15) is 43.9 Å². The average Bonchev–Trinajstić information content (AvgIpc) is 2.94. The molecule has 0 unspecified atom stereocenters. The maximum absolute atomic E-state index is 14.7. The van der Waals surface area contributed by atoms with E-state index < -0.39 is 64.2 Å². The first-order valence-electron chi connectivity index (χ1n) is 13.4. The fourth-order valence-electron chi connectivity index (χ4n) is 4.29. The standard InChI is InChI=1S/C33H22F10O2/c1-2-3-4-5-19-8-13-25(28(36)15-19)32(39,40)44-23-11-10-21(26(34)18-23)9-6-20-7-12-24(27(35)14-20)22-16-29(37)31(30(38)17-22)45-33(41,42)43/h7-8,10-18H,2-5H2,1H3. The summed E-state index contributed by atoms with van der Waals surface area (Å²) in [5.41, 5.74) is -1.60. The van der Waals surface area contributed by atoms with Gasteiger partial charge in [-0.3, -0.25) is 0 Å². The highest BCUT2D eigenvalue weighted by Gasteiger charge is 2.38. The van der Waals surface area contributed by atoms with E-state index in [2.05, 4.69) is 21.3 Å². The summed E-state index contributed by atoms with van der Waals surface area (Å²) < 4.78 is 146. The van der Waals surface area contributed by atoms with E-state index >= 15 is 0 Å². The largest absolute Gasteiger partial charge is 0.573 e. The van der Waals surface area contributed by atoms with Crippen molar-refractivity contribution >= 4 is 0 Å². The van der Waals surface area contributed by atoms with Crippen LogP contribution in [-0.4, -0.2) is 6.36 Å². The van der Waals surface area contributed by atoms with Crippen LogP contribution >= 0.6 is 0 Å². The molecular weight excluding hydrogens is 618 g/mol. The summed E-state index contributed by atoms with van der Waals surface area (Å²) in [6.45, 7) is 2.00. The molecule has 4 aromatic carbocycles. The number of alkyl halides is 5. The molecule has 0 fully saturated rings. The van der Waals surface area contributed by atoms with Crippen LogP contribution in [0.4, 0.5) is 43.9 Å². The van der Waals surface area contributed by atoms with E-state index in [0.29, 0.717) is 30.2 Å². The lowest BCUT2D eigenvalue weighted by Crippen LogP contribution is -2.23. The van der Waals surface area contributed by atoms with Crippen molar-refractivity contribution in [2.75, 3.05) is 0 Å². The molecular formula is C33H22F10O2. The number of hydrogen-bond donors (Lipinski definition) is 0. The van der Waals surface area contributed by atoms with Crippen LogP contribution in [0.5, 0.6) is 11.5 Å². The van der Waals surface area contributed by atoms with E-state index in [1.54, 1.807) is 0 Å². The molecule has 0 aliphatic heterocycles. The smallest absolute Gasteiger partial charge is 0.429 e. The van der Waals surface area contributed by atoms with Crippen molar-refractivity contribution in [3.63, 3.8) is 0 Å². The van der Waals surface area contributed by atoms with Crippen molar-refractivity contribution in [1.82, 2.24) is 0 Å². The predicted octanol–water partition coefficient (Wildman–Crippen LogP) is 10.2. The van der Waals surface area contributed by atoms with Crippen molar-refractivity contribution in [1.29, 1.82) is 0 Å². The molecule has 0 saturated carbocycles. The van der Waals surface area contributed by atoms with Gasteiger partial charge in [-0.25, -0.2) is 22.0 Å². The lowest BCUT2D eigenvalue weighted by Gasteiger charge is -2.19. The molecule has 0 saturated heterocycles. The topological polar surface area (TPSA) is 18.5 Å². The van der Waals surface area contributed by atoms with Gasteiger partial charge in [0.2, 0.25) is 5.75 Å². The van der Waals surface area contributed by atoms with Crippen LogP contribution in [0.1, 0.15) is 48.4 Å². The summed E-state index contributed by atoms with van der Waals surface area (Å²) in [6.07, 6.45) is -6.32. The molecule has 236 valence electrons. The van der Waals surface area contributed by atoms with Gasteiger partial charge in [0.25, 0.3) is 0 Å². The molecule has 0 radical (unpaired) electrons. The second-order valence-corrected chi connectivity index (χ2v) is 9.79. The summed E-state index contributed by atoms with van der Waals surface area (Å²) in [4.78, 5) is 0. The lowest BCUT2D eigenvalue weighted by molar-refractivity contribution is -0.276. The first-order chi connectivity index (χ1) is 21.2. The minimum absolute atomic E-state index is 0.0332. The van der Waals surface area contributed by atoms with Crippen LogP contribution in [0, 0.1) is 40.9 Å². The third-order valence-electron chi connectivity index (χ3n) is 6.44. The van der Waals surface area contributed by atoms with Crippen LogP contribution < -0.4 is 9.47 Å². The van der Waals surface area contributed by atoms with Crippen molar-refractivity contribution in [3.05, 3.63) is 118 Å². The van der Waals surface area contributed by atoms with Crippen molar-refractivity contribution < 1.29 is 53.4 Å². The number of ether oxygens (including phenoxy) is 2. The molecule has 0 atom stereocenters. The van der Waals surface area contributed by atoms with Gasteiger partial charge in [0.1, 0.15) is 23.2 Å². The Morgan fingerprint density at radius 3 is 1.96 bits per heavy atom. The van der Waals surface area contributed by atoms with Crippen LogP contribution in [0.3, 0.4) is 0 Å². The number of unbranched alkanes of at least 4 members (excludes halogenated alkanes) is 2. The molecule has 0 amide bonds. The Hall–Kier alpha value is -4.66. The van der Waals surface area contributed by atoms with Gasteiger partial charge in [0.15, 0.2) is 11.6 Å². The number of aryl methyl sites for hydroxylation is 1. The minimum atomic E-state index is -5.35. The summed E-state index contributed by atoms with van der Waals surface area (Å²) in [7, 11) is 0. The zero-order valence-corrected chi connectivity index (χ0v) is 23.3. The Labute approximate surface area is 251 Å². The van der Waals surface area contributed by atoms with Gasteiger partial charge in [-0.15, -0.1) is 13.2 Å². The van der Waals surface area contributed by atoms with Crippen molar-refractivity contribution in [2.24, 2.45) is 0 Å². The Kier molecular flexibility index (Phi) is 10.0. The van der Waals surface area contributed by atoms with E-state index in [0.717, 1.165) is 55.7 Å². The fourth-order valence-corrected chi connectivity index (χ4v) is 4.29. The third kappa shape index (κ3) is 8.50. The van der Waals surface area contributed by atoms with Crippen LogP contribution in [-0.2, 0) is 12.5 Å². The minimum Gasteiger partial charge on any atom is -0.429 e. The van der Waals surface area contributed by atoms with E-state index in [-0.39, 0.29) is 16.7 Å². The number of benzene rings is 4. The van der Waals surface area contributed by atoms with Crippen molar-refractivity contribution in [2.45, 2.75) is 45.1 Å². The number of rotatable bonds is 9. The second-order valence-electron chi connectivity index (χ2n) is 9.79. The second kappa shape index (κ2) is 13.5. The van der Waals surface area contributed by atoms with Crippen LogP contribution in [0.25, 0.3) is 11.1 Å². The molecule has 0 bridgehead atoms. The molecule has 12 heteroatoms. The highest BCUT2D eigenvalue weighted by atomic mass is 19.4. The molecule has 0 spiro atoms. The summed E-state index contributed by atoms with van der Waals surface area (Å²) in [6, 6.07) is 9.90. The summed E-state index contributed by atoms with van der Waals surface area (Å²) in [5.74, 6) is -4.22. The lowest BCUT2D eigenvalue weighted by atomic mass is 10.0. The molecule has 4 rings (SSSR count). The molecule has 2 nitrogen and oxygen atoms in total. The molecule has 0 heterocycles. The molecule has 0 aromatic heterocycles. The first-order valence-corrected chi connectivity index (χ1v) is 13.4. The maximum atomic E-state index is 14.7. The highest BCUT2D eigenvalue weighted by molar-refractivity contribution is 5.66. The van der Waals surface area contributed by atoms with E-state index in [4.69, 9.17) is 0 Å². The molecule has 0 N–H and O–H groups in total. The fraction of sp³-hybridized carbons (Fsp3) is 0.212. The SMILES string of the molecule is CCCCCc1ccc(C(F)(F)Oc2ccc(C#Cc3ccc(-c4cc(F)c(OC(F)(F)F)c(F)c4)c(F)c3)c(F)c2)c(F)c1. The van der Waals surface area contributed by atoms with Gasteiger partial charge in [-0.05, 0) is 72.5 Å². The normalized spacial score (nSPS) is 11.6. The Balaban J connectivity index is 1.48. The Morgan fingerprint density at radius 2 is 1.36 bits per heavy atom.